The molecule has 2 aromatic rings. The highest BCUT2D eigenvalue weighted by Gasteiger charge is 2.35. The molecule has 0 aliphatic carbocycles. The Kier molecular flexibility index (Phi) is 5.30. The van der Waals surface area contributed by atoms with Gasteiger partial charge in [0.25, 0.3) is 0 Å². The van der Waals surface area contributed by atoms with E-state index >= 15 is 0 Å². The highest BCUT2D eigenvalue weighted by Crippen LogP contribution is 2.38. The average molecular weight is 413 g/mol. The Labute approximate surface area is 162 Å². The second-order valence-corrected chi connectivity index (χ2v) is 8.29. The van der Waals surface area contributed by atoms with Gasteiger partial charge in [0, 0.05) is 18.1 Å². The number of rotatable bonds is 5. The summed E-state index contributed by atoms with van der Waals surface area (Å²) in [7, 11) is -0.623. The van der Waals surface area contributed by atoms with Gasteiger partial charge < -0.3 is 9.47 Å². The van der Waals surface area contributed by atoms with Crippen LogP contribution in [-0.4, -0.2) is 39.0 Å². The van der Waals surface area contributed by atoms with Gasteiger partial charge in [-0.05, 0) is 29.8 Å². The quantitative estimate of drug-likeness (QED) is 0.752. The molecule has 0 saturated carbocycles. The third kappa shape index (κ3) is 3.86. The van der Waals surface area contributed by atoms with E-state index in [9.17, 15) is 12.8 Å². The number of hydrogen-bond acceptors (Lipinski definition) is 5. The van der Waals surface area contributed by atoms with Crippen molar-refractivity contribution in [1.29, 1.82) is 0 Å². The van der Waals surface area contributed by atoms with Crippen molar-refractivity contribution in [1.82, 2.24) is 4.41 Å². The molecule has 0 bridgehead atoms. The maximum atomic E-state index is 13.9. The van der Waals surface area contributed by atoms with Crippen molar-refractivity contribution < 1.29 is 22.3 Å². The topological polar surface area (TPSA) is 68.2 Å². The van der Waals surface area contributed by atoms with Gasteiger partial charge in [-0.25, -0.2) is 12.8 Å². The van der Waals surface area contributed by atoms with Crippen LogP contribution in [0.15, 0.2) is 41.5 Å². The Morgan fingerprint density at radius 2 is 1.93 bits per heavy atom. The number of halogens is 2. The molecule has 0 amide bonds. The molecule has 0 spiro atoms. The Morgan fingerprint density at radius 1 is 1.19 bits per heavy atom. The van der Waals surface area contributed by atoms with Crippen LogP contribution in [0, 0.1) is 5.82 Å². The minimum atomic E-state index is -3.67. The molecule has 27 heavy (non-hydrogen) atoms. The van der Waals surface area contributed by atoms with Crippen LogP contribution in [0.25, 0.3) is 0 Å². The number of nitrogens with zero attached hydrogens (tertiary/aromatic N) is 2. The molecule has 9 heteroatoms. The molecular weight excluding hydrogens is 395 g/mol. The van der Waals surface area contributed by atoms with E-state index in [1.54, 1.807) is 24.3 Å². The van der Waals surface area contributed by atoms with Crippen LogP contribution in [0.5, 0.6) is 11.5 Å². The number of benzene rings is 2. The van der Waals surface area contributed by atoms with E-state index in [1.165, 1.54) is 26.4 Å². The van der Waals surface area contributed by atoms with Gasteiger partial charge in [-0.1, -0.05) is 17.7 Å². The SMILES string of the molecule is COc1ccc(C2=NN(S(C)(=O)=O)[C@H](c3ccc(Cl)c(F)c3)C2)c(OC)c1. The van der Waals surface area contributed by atoms with Crippen molar-refractivity contribution in [3.05, 3.63) is 58.4 Å². The lowest BCUT2D eigenvalue weighted by atomic mass is 9.98. The summed E-state index contributed by atoms with van der Waals surface area (Å²) in [5, 5.41) is 4.26. The van der Waals surface area contributed by atoms with Gasteiger partial charge in [0.05, 0.1) is 37.3 Å². The zero-order valence-corrected chi connectivity index (χ0v) is 16.5. The summed E-state index contributed by atoms with van der Waals surface area (Å²) >= 11 is 5.74. The van der Waals surface area contributed by atoms with Gasteiger partial charge >= 0.3 is 0 Å². The van der Waals surface area contributed by atoms with Crippen molar-refractivity contribution in [3.8, 4) is 11.5 Å². The summed E-state index contributed by atoms with van der Waals surface area (Å²) in [5.41, 5.74) is 1.62. The summed E-state index contributed by atoms with van der Waals surface area (Å²) in [6, 6.07) is 8.74. The minimum Gasteiger partial charge on any atom is -0.497 e. The summed E-state index contributed by atoms with van der Waals surface area (Å²) in [5.74, 6) is 0.494. The lowest BCUT2D eigenvalue weighted by Crippen LogP contribution is -2.26. The van der Waals surface area contributed by atoms with Crippen LogP contribution in [0.3, 0.4) is 0 Å². The summed E-state index contributed by atoms with van der Waals surface area (Å²) in [6.07, 6.45) is 1.32. The van der Waals surface area contributed by atoms with Gasteiger partial charge in [0.2, 0.25) is 10.0 Å². The molecule has 1 aliphatic heterocycles. The first-order valence-corrected chi connectivity index (χ1v) is 10.2. The van der Waals surface area contributed by atoms with Crippen LogP contribution in [-0.2, 0) is 10.0 Å². The zero-order chi connectivity index (χ0) is 19.8. The summed E-state index contributed by atoms with van der Waals surface area (Å²) in [4.78, 5) is 0. The number of hydrazone groups is 1. The number of ether oxygens (including phenoxy) is 2. The predicted molar refractivity (Wildman–Crippen MR) is 102 cm³/mol. The average Bonchev–Trinajstić information content (AvgIpc) is 3.09. The van der Waals surface area contributed by atoms with Gasteiger partial charge in [-0.2, -0.15) is 9.52 Å². The molecule has 0 aromatic heterocycles. The summed E-state index contributed by atoms with van der Waals surface area (Å²) in [6.45, 7) is 0. The summed E-state index contributed by atoms with van der Waals surface area (Å²) < 4.78 is 50.0. The molecule has 1 aliphatic rings. The lowest BCUT2D eigenvalue weighted by Gasteiger charge is -2.21. The van der Waals surface area contributed by atoms with E-state index in [0.29, 0.717) is 28.3 Å². The monoisotopic (exact) mass is 412 g/mol. The van der Waals surface area contributed by atoms with E-state index in [1.807, 2.05) is 0 Å². The first-order chi connectivity index (χ1) is 12.7. The van der Waals surface area contributed by atoms with E-state index in [4.69, 9.17) is 21.1 Å². The lowest BCUT2D eigenvalue weighted by molar-refractivity contribution is 0.373. The standard InChI is InChI=1S/C18H18ClFN2O4S/c1-25-12-5-6-13(18(9-12)26-2)16-10-17(22(21-16)27(3,23)24)11-4-7-14(19)15(20)8-11/h4-9,17H,10H2,1-3H3/t17-/m0/s1. The first-order valence-electron chi connectivity index (χ1n) is 7.99. The van der Waals surface area contributed by atoms with Gasteiger partial charge in [-0.15, -0.1) is 0 Å². The van der Waals surface area contributed by atoms with Crippen molar-refractivity contribution in [2.24, 2.45) is 5.10 Å². The number of methoxy groups -OCH3 is 2. The smallest absolute Gasteiger partial charge is 0.247 e. The molecular formula is C18H18ClFN2O4S. The normalized spacial score (nSPS) is 17.0. The van der Waals surface area contributed by atoms with Crippen LogP contribution < -0.4 is 9.47 Å². The van der Waals surface area contributed by atoms with E-state index in [-0.39, 0.29) is 11.4 Å². The molecule has 0 fully saturated rings. The largest absolute Gasteiger partial charge is 0.497 e. The molecule has 0 unspecified atom stereocenters. The number of sulfonamides is 1. The van der Waals surface area contributed by atoms with Crippen LogP contribution in [0.4, 0.5) is 4.39 Å². The van der Waals surface area contributed by atoms with Crippen molar-refractivity contribution in [2.75, 3.05) is 20.5 Å². The molecule has 0 radical (unpaired) electrons. The van der Waals surface area contributed by atoms with Crippen LogP contribution in [0.1, 0.15) is 23.6 Å². The molecule has 1 heterocycles. The first kappa shape index (κ1) is 19.4. The molecule has 0 N–H and O–H groups in total. The van der Waals surface area contributed by atoms with E-state index < -0.39 is 21.9 Å². The van der Waals surface area contributed by atoms with E-state index in [2.05, 4.69) is 5.10 Å². The van der Waals surface area contributed by atoms with Gasteiger partial charge in [-0.3, -0.25) is 0 Å². The number of hydrogen-bond donors (Lipinski definition) is 0. The maximum absolute atomic E-state index is 13.9. The van der Waals surface area contributed by atoms with Crippen LogP contribution in [0.2, 0.25) is 5.02 Å². The fraction of sp³-hybridized carbons (Fsp3) is 0.278. The predicted octanol–water partition coefficient (Wildman–Crippen LogP) is 3.61. The van der Waals surface area contributed by atoms with Crippen molar-refractivity contribution >= 4 is 27.3 Å². The highest BCUT2D eigenvalue weighted by molar-refractivity contribution is 7.88. The van der Waals surface area contributed by atoms with Gasteiger partial charge in [0.1, 0.15) is 17.3 Å². The van der Waals surface area contributed by atoms with Crippen LogP contribution >= 0.6 is 11.6 Å². The maximum Gasteiger partial charge on any atom is 0.247 e. The molecule has 144 valence electrons. The Hall–Kier alpha value is -2.32. The molecule has 3 rings (SSSR count). The third-order valence-corrected chi connectivity index (χ3v) is 5.58. The highest BCUT2D eigenvalue weighted by atomic mass is 35.5. The second-order valence-electron chi connectivity index (χ2n) is 6.04. The fourth-order valence-electron chi connectivity index (χ4n) is 2.96. The van der Waals surface area contributed by atoms with E-state index in [0.717, 1.165) is 10.7 Å². The van der Waals surface area contributed by atoms with Crippen molar-refractivity contribution in [3.63, 3.8) is 0 Å². The molecule has 0 saturated heterocycles. The Balaban J connectivity index is 2.05. The Morgan fingerprint density at radius 3 is 2.52 bits per heavy atom. The van der Waals surface area contributed by atoms with Gasteiger partial charge in [0.15, 0.2) is 0 Å². The fourth-order valence-corrected chi connectivity index (χ4v) is 3.98. The second kappa shape index (κ2) is 7.36. The third-order valence-electron chi connectivity index (χ3n) is 4.26. The molecule has 1 atom stereocenters. The Bertz CT molecular complexity index is 1010. The zero-order valence-electron chi connectivity index (χ0n) is 14.9. The van der Waals surface area contributed by atoms with Crippen molar-refractivity contribution in [2.45, 2.75) is 12.5 Å². The minimum absolute atomic E-state index is 0.0272. The molecule has 6 nitrogen and oxygen atoms in total. The molecule has 2 aromatic carbocycles.